The van der Waals surface area contributed by atoms with Crippen molar-refractivity contribution in [1.82, 2.24) is 4.90 Å². The Kier molecular flexibility index (Phi) is 4.55. The topological polar surface area (TPSA) is 75.9 Å². The molecule has 0 saturated carbocycles. The Morgan fingerprint density at radius 3 is 2.75 bits per heavy atom. The van der Waals surface area contributed by atoms with E-state index in [1.165, 1.54) is 30.4 Å². The van der Waals surface area contributed by atoms with Crippen LogP contribution < -0.4 is 9.64 Å². The van der Waals surface area contributed by atoms with Gasteiger partial charge in [0.25, 0.3) is 5.91 Å². The number of nitro benzene ring substituents is 1. The largest absolute Gasteiger partial charge is 0.490 e. The number of fused-ring (bicyclic) bond motifs is 3. The van der Waals surface area contributed by atoms with Crippen molar-refractivity contribution < 1.29 is 14.5 Å². The van der Waals surface area contributed by atoms with Crippen molar-refractivity contribution >= 4 is 17.3 Å². The lowest BCUT2D eigenvalue weighted by atomic mass is 9.88. The maximum Gasteiger partial charge on any atom is 0.311 e. The molecule has 0 aromatic heterocycles. The molecule has 146 valence electrons. The molecule has 0 unspecified atom stereocenters. The van der Waals surface area contributed by atoms with Gasteiger partial charge in [-0.2, -0.15) is 0 Å². The highest BCUT2D eigenvalue weighted by Gasteiger charge is 2.44. The summed E-state index contributed by atoms with van der Waals surface area (Å²) >= 11 is 0. The fraction of sp³-hybridized carbons (Fsp3) is 0.381. The van der Waals surface area contributed by atoms with E-state index in [0.29, 0.717) is 5.56 Å². The molecule has 7 nitrogen and oxygen atoms in total. The molecule has 2 aliphatic rings. The Labute approximate surface area is 163 Å². The number of likely N-dealkylation sites (N-methyl/N-ethyl adjacent to an activating group) is 1. The first kappa shape index (κ1) is 18.4. The number of amides is 1. The summed E-state index contributed by atoms with van der Waals surface area (Å²) in [5, 5.41) is 11.4. The van der Waals surface area contributed by atoms with Crippen molar-refractivity contribution in [2.75, 3.05) is 32.1 Å². The molecule has 0 spiro atoms. The van der Waals surface area contributed by atoms with E-state index in [1.807, 2.05) is 17.0 Å². The van der Waals surface area contributed by atoms with Crippen molar-refractivity contribution in [3.63, 3.8) is 0 Å². The third-order valence-electron chi connectivity index (χ3n) is 5.79. The second-order valence-corrected chi connectivity index (χ2v) is 7.61. The van der Waals surface area contributed by atoms with E-state index in [-0.39, 0.29) is 29.3 Å². The first-order valence-corrected chi connectivity index (χ1v) is 9.35. The Hall–Kier alpha value is -2.93. The van der Waals surface area contributed by atoms with Crippen LogP contribution in [0.1, 0.15) is 33.8 Å². The van der Waals surface area contributed by atoms with Gasteiger partial charge < -0.3 is 14.5 Å². The zero-order chi connectivity index (χ0) is 20.0. The van der Waals surface area contributed by atoms with Gasteiger partial charge in [-0.1, -0.05) is 17.7 Å². The number of benzene rings is 2. The lowest BCUT2D eigenvalue weighted by Gasteiger charge is -2.36. The molecule has 2 heterocycles. The summed E-state index contributed by atoms with van der Waals surface area (Å²) in [6.45, 7) is 3.87. The lowest BCUT2D eigenvalue weighted by Crippen LogP contribution is -2.47. The Morgan fingerprint density at radius 2 is 2.04 bits per heavy atom. The lowest BCUT2D eigenvalue weighted by molar-refractivity contribution is -0.385. The normalized spacial score (nSPS) is 21.2. The van der Waals surface area contributed by atoms with Gasteiger partial charge in [-0.25, -0.2) is 0 Å². The zero-order valence-electron chi connectivity index (χ0n) is 16.2. The molecule has 28 heavy (non-hydrogen) atoms. The van der Waals surface area contributed by atoms with Gasteiger partial charge in [0.1, 0.15) is 0 Å². The van der Waals surface area contributed by atoms with Crippen LogP contribution in [0.3, 0.4) is 0 Å². The second-order valence-electron chi connectivity index (χ2n) is 7.61. The Bertz CT molecular complexity index is 959. The van der Waals surface area contributed by atoms with E-state index in [0.717, 1.165) is 25.2 Å². The molecule has 2 atom stereocenters. The Balaban J connectivity index is 1.77. The predicted molar refractivity (Wildman–Crippen MR) is 106 cm³/mol. The molecule has 0 N–H and O–H groups in total. The van der Waals surface area contributed by atoms with Crippen LogP contribution in [0.5, 0.6) is 5.75 Å². The molecular weight excluding hydrogens is 358 g/mol. The molecule has 7 heteroatoms. The number of nitro groups is 1. The zero-order valence-corrected chi connectivity index (χ0v) is 16.2. The van der Waals surface area contributed by atoms with Crippen molar-refractivity contribution in [3.8, 4) is 5.75 Å². The minimum absolute atomic E-state index is 0.0710. The number of anilines is 1. The molecule has 2 aliphatic heterocycles. The number of methoxy groups -OCH3 is 1. The third kappa shape index (κ3) is 2.92. The number of piperidine rings is 1. The number of rotatable bonds is 3. The second kappa shape index (κ2) is 6.91. The van der Waals surface area contributed by atoms with Crippen molar-refractivity contribution in [2.45, 2.75) is 25.3 Å². The summed E-state index contributed by atoms with van der Waals surface area (Å²) < 4.78 is 5.06. The molecule has 1 amide bonds. The average molecular weight is 381 g/mol. The molecule has 0 bridgehead atoms. The third-order valence-corrected chi connectivity index (χ3v) is 5.79. The molecule has 0 radical (unpaired) electrons. The maximum absolute atomic E-state index is 13.5. The van der Waals surface area contributed by atoms with Gasteiger partial charge in [0, 0.05) is 35.8 Å². The highest BCUT2D eigenvalue weighted by molar-refractivity contribution is 6.08. The monoisotopic (exact) mass is 381 g/mol. The number of hydrogen-bond donors (Lipinski definition) is 0. The van der Waals surface area contributed by atoms with Gasteiger partial charge in [0.05, 0.1) is 12.0 Å². The summed E-state index contributed by atoms with van der Waals surface area (Å²) in [4.78, 5) is 28.4. The summed E-state index contributed by atoms with van der Waals surface area (Å²) in [7, 11) is 3.48. The smallest absolute Gasteiger partial charge is 0.311 e. The molecule has 4 rings (SSSR count). The number of carbonyl (C=O) groups excluding carboxylic acids is 1. The SMILES string of the molecule is COc1ccc(C(=O)N2c3ccc(C)cc3[C@@H]3CN(C)CC[C@H]32)cc1[N+](=O)[O-]. The van der Waals surface area contributed by atoms with E-state index in [2.05, 4.69) is 24.9 Å². The minimum atomic E-state index is -0.519. The molecule has 2 aromatic rings. The maximum atomic E-state index is 13.5. The summed E-state index contributed by atoms with van der Waals surface area (Å²) in [5.74, 6) is 0.204. The molecule has 2 aromatic carbocycles. The molecular formula is C21H23N3O4. The fourth-order valence-corrected chi connectivity index (χ4v) is 4.45. The van der Waals surface area contributed by atoms with Crippen LogP contribution in [0.4, 0.5) is 11.4 Å². The number of hydrogen-bond acceptors (Lipinski definition) is 5. The van der Waals surface area contributed by atoms with Crippen molar-refractivity contribution in [1.29, 1.82) is 0 Å². The Morgan fingerprint density at radius 1 is 1.25 bits per heavy atom. The standard InChI is InChI=1S/C21H23N3O4/c1-13-4-6-17-15(10-13)16-12-22(2)9-8-18(16)23(17)21(25)14-5-7-20(28-3)19(11-14)24(26)27/h4-7,10-11,16,18H,8-9,12H2,1-3H3/t16-,18+/m0/s1. The summed E-state index contributed by atoms with van der Waals surface area (Å²) in [6, 6.07) is 10.7. The summed E-state index contributed by atoms with van der Waals surface area (Å²) in [5.41, 5.74) is 3.38. The van der Waals surface area contributed by atoms with Crippen LogP contribution in [0.2, 0.25) is 0 Å². The van der Waals surface area contributed by atoms with E-state index in [9.17, 15) is 14.9 Å². The van der Waals surface area contributed by atoms with E-state index in [1.54, 1.807) is 6.07 Å². The van der Waals surface area contributed by atoms with E-state index >= 15 is 0 Å². The van der Waals surface area contributed by atoms with Crippen molar-refractivity contribution in [2.24, 2.45) is 0 Å². The van der Waals surface area contributed by atoms with Crippen LogP contribution in [-0.2, 0) is 0 Å². The fourth-order valence-electron chi connectivity index (χ4n) is 4.45. The van der Waals surface area contributed by atoms with Crippen LogP contribution in [0.25, 0.3) is 0 Å². The number of ether oxygens (including phenoxy) is 1. The first-order chi connectivity index (χ1) is 13.4. The van der Waals surface area contributed by atoms with Gasteiger partial charge in [-0.15, -0.1) is 0 Å². The van der Waals surface area contributed by atoms with Crippen LogP contribution in [-0.4, -0.2) is 49.0 Å². The van der Waals surface area contributed by atoms with Gasteiger partial charge >= 0.3 is 5.69 Å². The van der Waals surface area contributed by atoms with Gasteiger partial charge in [0.2, 0.25) is 0 Å². The number of likely N-dealkylation sites (tertiary alicyclic amines) is 1. The first-order valence-electron chi connectivity index (χ1n) is 9.35. The van der Waals surface area contributed by atoms with Crippen LogP contribution in [0.15, 0.2) is 36.4 Å². The average Bonchev–Trinajstić information content (AvgIpc) is 2.99. The quantitative estimate of drug-likeness (QED) is 0.602. The van der Waals surface area contributed by atoms with Gasteiger partial charge in [0.15, 0.2) is 5.75 Å². The highest BCUT2D eigenvalue weighted by Crippen LogP contribution is 2.45. The van der Waals surface area contributed by atoms with Crippen LogP contribution in [0, 0.1) is 17.0 Å². The summed E-state index contributed by atoms with van der Waals surface area (Å²) in [6.07, 6.45) is 0.874. The molecule has 1 fully saturated rings. The van der Waals surface area contributed by atoms with E-state index < -0.39 is 4.92 Å². The van der Waals surface area contributed by atoms with Gasteiger partial charge in [-0.3, -0.25) is 14.9 Å². The minimum Gasteiger partial charge on any atom is -0.490 e. The number of carbonyl (C=O) groups is 1. The van der Waals surface area contributed by atoms with E-state index in [4.69, 9.17) is 4.74 Å². The number of aryl methyl sites for hydroxylation is 1. The predicted octanol–water partition coefficient (Wildman–Crippen LogP) is 3.36. The van der Waals surface area contributed by atoms with Crippen LogP contribution >= 0.6 is 0 Å². The highest BCUT2D eigenvalue weighted by atomic mass is 16.6. The molecule has 1 saturated heterocycles. The molecule has 0 aliphatic carbocycles. The van der Waals surface area contributed by atoms with Crippen molar-refractivity contribution in [3.05, 3.63) is 63.2 Å². The number of nitrogens with zero attached hydrogens (tertiary/aromatic N) is 3. The van der Waals surface area contributed by atoms with Gasteiger partial charge in [-0.05, 0) is 50.7 Å².